The molecule has 146 valence electrons. The molecule has 1 aliphatic heterocycles. The zero-order chi connectivity index (χ0) is 19.7. The second-order valence-corrected chi connectivity index (χ2v) is 7.96. The number of amides is 1. The maximum Gasteiger partial charge on any atom is 0.288 e. The average Bonchev–Trinajstić information content (AvgIpc) is 3.13. The second-order valence-electron chi connectivity index (χ2n) is 7.02. The molecule has 0 bridgehead atoms. The summed E-state index contributed by atoms with van der Waals surface area (Å²) in [6, 6.07) is 6.16. The lowest BCUT2D eigenvalue weighted by molar-refractivity contribution is 0.0948. The Morgan fingerprint density at radius 2 is 2.21 bits per heavy atom. The summed E-state index contributed by atoms with van der Waals surface area (Å²) in [7, 11) is 0. The molecule has 0 unspecified atom stereocenters. The van der Waals surface area contributed by atoms with E-state index in [-0.39, 0.29) is 12.1 Å². The summed E-state index contributed by atoms with van der Waals surface area (Å²) in [6.45, 7) is 3.98. The third kappa shape index (κ3) is 3.62. The molecule has 2 aromatic heterocycles. The van der Waals surface area contributed by atoms with Crippen LogP contribution in [0.2, 0.25) is 0 Å². The molecule has 0 saturated carbocycles. The summed E-state index contributed by atoms with van der Waals surface area (Å²) in [5, 5.41) is 7.70. The molecule has 1 N–H and O–H groups in total. The van der Waals surface area contributed by atoms with Crippen LogP contribution in [-0.4, -0.2) is 33.6 Å². The van der Waals surface area contributed by atoms with Crippen LogP contribution in [0.4, 0.5) is 9.52 Å². The van der Waals surface area contributed by atoms with Gasteiger partial charge >= 0.3 is 0 Å². The van der Waals surface area contributed by atoms with Gasteiger partial charge in [-0.2, -0.15) is 4.52 Å². The Bertz CT molecular complexity index is 1080. The van der Waals surface area contributed by atoms with E-state index >= 15 is 0 Å². The maximum absolute atomic E-state index is 13.7. The average molecular weight is 401 g/mol. The summed E-state index contributed by atoms with van der Waals surface area (Å²) in [5.41, 5.74) is -0.290. The molecule has 1 atom stereocenters. The van der Waals surface area contributed by atoms with E-state index in [4.69, 9.17) is 0 Å². The van der Waals surface area contributed by atoms with Gasteiger partial charge in [-0.15, -0.1) is 5.10 Å². The molecule has 3 heterocycles. The summed E-state index contributed by atoms with van der Waals surface area (Å²) in [5.74, 6) is -0.436. The van der Waals surface area contributed by atoms with Gasteiger partial charge in [0.05, 0.1) is 0 Å². The predicted molar refractivity (Wildman–Crippen MR) is 105 cm³/mol. The molecule has 4 rings (SSSR count). The first kappa shape index (κ1) is 18.5. The molecule has 1 amide bonds. The Morgan fingerprint density at radius 3 is 3.00 bits per heavy atom. The number of aromatic nitrogens is 3. The number of hydrogen-bond acceptors (Lipinski definition) is 6. The van der Waals surface area contributed by atoms with Gasteiger partial charge in [-0.25, -0.2) is 9.37 Å². The third-order valence-electron chi connectivity index (χ3n) is 4.85. The number of rotatable bonds is 4. The molecule has 1 saturated heterocycles. The number of nitrogens with zero attached hydrogens (tertiary/aromatic N) is 4. The fourth-order valence-corrected chi connectivity index (χ4v) is 4.23. The Balaban J connectivity index is 1.56. The summed E-state index contributed by atoms with van der Waals surface area (Å²) in [4.78, 5) is 32.0. The van der Waals surface area contributed by atoms with Gasteiger partial charge < -0.3 is 10.2 Å². The van der Waals surface area contributed by atoms with Crippen molar-refractivity contribution in [2.75, 3.05) is 18.0 Å². The molecule has 0 radical (unpaired) electrons. The number of anilines is 1. The number of hydrogen-bond donors (Lipinski definition) is 1. The molecule has 3 aromatic rings. The number of fused-ring (bicyclic) bond motifs is 1. The van der Waals surface area contributed by atoms with Crippen LogP contribution in [0.5, 0.6) is 0 Å². The van der Waals surface area contributed by atoms with Crippen molar-refractivity contribution in [3.63, 3.8) is 0 Å². The highest BCUT2D eigenvalue weighted by molar-refractivity contribution is 7.20. The van der Waals surface area contributed by atoms with Crippen LogP contribution >= 0.6 is 11.3 Å². The molecule has 1 aromatic carbocycles. The number of benzene rings is 1. The zero-order valence-electron chi connectivity index (χ0n) is 15.4. The molecule has 1 aliphatic rings. The standard InChI is InChI=1S/C19H20FN5O2S/c1-12-5-4-8-24(11-12)19-23-25-17(27)14(10-22-18(25)28-19)16(26)21-9-13-6-2-3-7-15(13)20/h2-3,6-7,10,12H,4-5,8-9,11H2,1H3,(H,21,26)/t12-/m0/s1. The minimum absolute atomic E-state index is 0.0123. The highest BCUT2D eigenvalue weighted by Crippen LogP contribution is 2.26. The number of nitrogens with one attached hydrogen (secondary N) is 1. The minimum Gasteiger partial charge on any atom is -0.348 e. The van der Waals surface area contributed by atoms with Gasteiger partial charge in [-0.1, -0.05) is 36.5 Å². The van der Waals surface area contributed by atoms with E-state index in [1.54, 1.807) is 18.2 Å². The molecule has 9 heteroatoms. The summed E-state index contributed by atoms with van der Waals surface area (Å²) < 4.78 is 14.9. The normalized spacial score (nSPS) is 17.1. The van der Waals surface area contributed by atoms with E-state index < -0.39 is 17.3 Å². The molecular weight excluding hydrogens is 381 g/mol. The Morgan fingerprint density at radius 1 is 1.39 bits per heavy atom. The molecule has 1 fully saturated rings. The van der Waals surface area contributed by atoms with Gasteiger partial charge in [0.1, 0.15) is 11.4 Å². The maximum atomic E-state index is 13.7. The van der Waals surface area contributed by atoms with Gasteiger partial charge in [-0.05, 0) is 24.8 Å². The van der Waals surface area contributed by atoms with E-state index in [9.17, 15) is 14.0 Å². The lowest BCUT2D eigenvalue weighted by Gasteiger charge is -2.30. The summed E-state index contributed by atoms with van der Waals surface area (Å²) >= 11 is 1.34. The minimum atomic E-state index is -0.601. The first-order valence-electron chi connectivity index (χ1n) is 9.18. The van der Waals surface area contributed by atoms with Crippen molar-refractivity contribution in [2.45, 2.75) is 26.3 Å². The van der Waals surface area contributed by atoms with Gasteiger partial charge in [0.15, 0.2) is 0 Å². The second kappa shape index (κ2) is 7.67. The molecule has 28 heavy (non-hydrogen) atoms. The molecular formula is C19H20FN5O2S. The molecule has 0 aliphatic carbocycles. The van der Waals surface area contributed by atoms with E-state index in [1.165, 1.54) is 34.5 Å². The monoisotopic (exact) mass is 401 g/mol. The van der Waals surface area contributed by atoms with Crippen LogP contribution in [0.15, 0.2) is 35.3 Å². The SMILES string of the molecule is C[C@H]1CCCN(c2nn3c(=O)c(C(=O)NCc4ccccc4F)cnc3s2)C1. The summed E-state index contributed by atoms with van der Waals surface area (Å²) in [6.07, 6.45) is 3.53. The number of piperidine rings is 1. The Labute approximate surface area is 164 Å². The van der Waals surface area contributed by atoms with Crippen LogP contribution in [0.25, 0.3) is 4.96 Å². The topological polar surface area (TPSA) is 79.6 Å². The first-order chi connectivity index (χ1) is 13.5. The van der Waals surface area contributed by atoms with E-state index in [0.717, 1.165) is 24.6 Å². The van der Waals surface area contributed by atoms with Gasteiger partial charge in [-0.3, -0.25) is 9.59 Å². The van der Waals surface area contributed by atoms with E-state index in [1.807, 2.05) is 0 Å². The van der Waals surface area contributed by atoms with Crippen molar-refractivity contribution in [3.8, 4) is 0 Å². The fourth-order valence-electron chi connectivity index (χ4n) is 3.34. The van der Waals surface area contributed by atoms with Crippen molar-refractivity contribution < 1.29 is 9.18 Å². The number of carbonyl (C=O) groups is 1. The third-order valence-corrected chi connectivity index (χ3v) is 5.83. The van der Waals surface area contributed by atoms with Gasteiger partial charge in [0.25, 0.3) is 11.5 Å². The Kier molecular flexibility index (Phi) is 5.08. The van der Waals surface area contributed by atoms with Crippen molar-refractivity contribution in [3.05, 3.63) is 57.8 Å². The lowest BCUT2D eigenvalue weighted by Crippen LogP contribution is -2.34. The number of carbonyl (C=O) groups excluding carboxylic acids is 1. The van der Waals surface area contributed by atoms with Crippen molar-refractivity contribution in [1.29, 1.82) is 0 Å². The van der Waals surface area contributed by atoms with Gasteiger partial charge in [0, 0.05) is 31.4 Å². The van der Waals surface area contributed by atoms with Crippen molar-refractivity contribution >= 4 is 27.3 Å². The fraction of sp³-hybridized carbons (Fsp3) is 0.368. The lowest BCUT2D eigenvalue weighted by atomic mass is 10.0. The van der Waals surface area contributed by atoms with Crippen LogP contribution in [0.3, 0.4) is 0 Å². The Hall–Kier alpha value is -2.81. The zero-order valence-corrected chi connectivity index (χ0v) is 16.2. The smallest absolute Gasteiger partial charge is 0.288 e. The number of halogens is 1. The largest absolute Gasteiger partial charge is 0.348 e. The van der Waals surface area contributed by atoms with Crippen LogP contribution < -0.4 is 15.8 Å². The molecule has 7 nitrogen and oxygen atoms in total. The van der Waals surface area contributed by atoms with Crippen molar-refractivity contribution in [1.82, 2.24) is 19.9 Å². The van der Waals surface area contributed by atoms with E-state index in [0.29, 0.717) is 16.4 Å². The van der Waals surface area contributed by atoms with Gasteiger partial charge in [0.2, 0.25) is 10.1 Å². The predicted octanol–water partition coefficient (Wildman–Crippen LogP) is 2.46. The van der Waals surface area contributed by atoms with E-state index in [2.05, 4.69) is 27.2 Å². The highest BCUT2D eigenvalue weighted by atomic mass is 32.1. The quantitative estimate of drug-likeness (QED) is 0.727. The first-order valence-corrected chi connectivity index (χ1v) is 10.00. The molecule has 0 spiro atoms. The van der Waals surface area contributed by atoms with Crippen molar-refractivity contribution in [2.24, 2.45) is 5.92 Å². The highest BCUT2D eigenvalue weighted by Gasteiger charge is 2.22. The van der Waals surface area contributed by atoms with Crippen LogP contribution in [0.1, 0.15) is 35.7 Å². The van der Waals surface area contributed by atoms with Crippen LogP contribution in [-0.2, 0) is 6.54 Å². The van der Waals surface area contributed by atoms with Crippen LogP contribution in [0, 0.1) is 11.7 Å².